The Balaban J connectivity index is 1.44. The third-order valence-electron chi connectivity index (χ3n) is 4.93. The fourth-order valence-electron chi connectivity index (χ4n) is 3.29. The zero-order valence-corrected chi connectivity index (χ0v) is 18.8. The number of amides is 1. The summed E-state index contributed by atoms with van der Waals surface area (Å²) in [7, 11) is 0. The summed E-state index contributed by atoms with van der Waals surface area (Å²) in [6.45, 7) is 0. The molecule has 4 rings (SSSR count). The summed E-state index contributed by atoms with van der Waals surface area (Å²) in [5.41, 5.74) is 2.92. The van der Waals surface area contributed by atoms with E-state index >= 15 is 0 Å². The van der Waals surface area contributed by atoms with Gasteiger partial charge in [-0.15, -0.1) is 0 Å². The maximum Gasteiger partial charge on any atom is 0.228 e. The molecular weight excluding hydrogens is 464 g/mol. The van der Waals surface area contributed by atoms with Crippen LogP contribution in [0.5, 0.6) is 0 Å². The van der Waals surface area contributed by atoms with Crippen molar-refractivity contribution in [2.45, 2.75) is 12.8 Å². The van der Waals surface area contributed by atoms with Crippen LogP contribution >= 0.6 is 23.2 Å². The van der Waals surface area contributed by atoms with E-state index in [-0.39, 0.29) is 29.6 Å². The molecule has 0 bridgehead atoms. The van der Waals surface area contributed by atoms with Crippen LogP contribution < -0.4 is 5.32 Å². The monoisotopic (exact) mass is 481 g/mol. The fourth-order valence-corrected chi connectivity index (χ4v) is 3.59. The van der Waals surface area contributed by atoms with Crippen molar-refractivity contribution in [1.82, 2.24) is 9.78 Å². The Morgan fingerprint density at radius 2 is 1.73 bits per heavy atom. The number of carbonyl (C=O) groups is 2. The average Bonchev–Trinajstić information content (AvgIpc) is 3.26. The van der Waals surface area contributed by atoms with Crippen LogP contribution in [0, 0.1) is 5.82 Å². The van der Waals surface area contributed by atoms with E-state index in [1.807, 2.05) is 0 Å². The van der Waals surface area contributed by atoms with Gasteiger partial charge >= 0.3 is 0 Å². The van der Waals surface area contributed by atoms with E-state index in [4.69, 9.17) is 23.2 Å². The Morgan fingerprint density at radius 3 is 2.52 bits per heavy atom. The van der Waals surface area contributed by atoms with Crippen molar-refractivity contribution in [2.24, 2.45) is 0 Å². The highest BCUT2D eigenvalue weighted by molar-refractivity contribution is 6.33. The molecule has 8 heteroatoms. The van der Waals surface area contributed by atoms with E-state index in [0.717, 1.165) is 0 Å². The van der Waals surface area contributed by atoms with Gasteiger partial charge in [-0.3, -0.25) is 9.59 Å². The van der Waals surface area contributed by atoms with E-state index in [2.05, 4.69) is 10.4 Å². The number of halogens is 3. The Kier molecular flexibility index (Phi) is 6.87. The SMILES string of the molecule is O=C(Cc1cnn(-c2cccc(C(=O)Cc3ccc(Cl)c(F)c3)c2)c1)Nc1ccccc1Cl. The molecule has 0 spiro atoms. The number of anilines is 1. The Bertz CT molecular complexity index is 1340. The summed E-state index contributed by atoms with van der Waals surface area (Å²) in [5.74, 6) is -0.940. The molecule has 0 saturated heterocycles. The van der Waals surface area contributed by atoms with Crippen molar-refractivity contribution in [2.75, 3.05) is 5.32 Å². The summed E-state index contributed by atoms with van der Waals surface area (Å²) in [4.78, 5) is 25.1. The summed E-state index contributed by atoms with van der Waals surface area (Å²) < 4.78 is 15.3. The van der Waals surface area contributed by atoms with Gasteiger partial charge in [0.15, 0.2) is 5.78 Å². The predicted molar refractivity (Wildman–Crippen MR) is 127 cm³/mol. The maximum atomic E-state index is 13.7. The van der Waals surface area contributed by atoms with Crippen LogP contribution in [-0.2, 0) is 17.6 Å². The normalized spacial score (nSPS) is 10.8. The lowest BCUT2D eigenvalue weighted by Gasteiger charge is -2.06. The largest absolute Gasteiger partial charge is 0.324 e. The highest BCUT2D eigenvalue weighted by Crippen LogP contribution is 2.21. The number of para-hydroxylation sites is 1. The number of nitrogens with zero attached hydrogens (tertiary/aromatic N) is 2. The number of ketones is 1. The van der Waals surface area contributed by atoms with Gasteiger partial charge in [-0.2, -0.15) is 5.10 Å². The number of aromatic nitrogens is 2. The molecule has 166 valence electrons. The first kappa shape index (κ1) is 22.7. The average molecular weight is 482 g/mol. The molecule has 0 saturated carbocycles. The number of hydrogen-bond acceptors (Lipinski definition) is 3. The molecule has 5 nitrogen and oxygen atoms in total. The van der Waals surface area contributed by atoms with Crippen LogP contribution in [0.1, 0.15) is 21.5 Å². The number of benzene rings is 3. The molecule has 3 aromatic carbocycles. The number of nitrogens with one attached hydrogen (secondary N) is 1. The second kappa shape index (κ2) is 9.98. The topological polar surface area (TPSA) is 64.0 Å². The fraction of sp³-hybridized carbons (Fsp3) is 0.0800. The molecule has 0 atom stereocenters. The van der Waals surface area contributed by atoms with Crippen molar-refractivity contribution >= 4 is 40.6 Å². The van der Waals surface area contributed by atoms with Gasteiger partial charge in [-0.05, 0) is 47.5 Å². The minimum absolute atomic E-state index is 0.0169. The molecule has 0 radical (unpaired) electrons. The maximum absolute atomic E-state index is 13.7. The minimum atomic E-state index is -0.557. The Labute approximate surface area is 199 Å². The second-order valence-corrected chi connectivity index (χ2v) is 8.21. The van der Waals surface area contributed by atoms with Crippen LogP contribution in [0.4, 0.5) is 10.1 Å². The first-order valence-corrected chi connectivity index (χ1v) is 10.8. The molecule has 0 aliphatic carbocycles. The Morgan fingerprint density at radius 1 is 0.909 bits per heavy atom. The molecule has 1 N–H and O–H groups in total. The van der Waals surface area contributed by atoms with E-state index in [9.17, 15) is 14.0 Å². The number of hydrogen-bond donors (Lipinski definition) is 1. The van der Waals surface area contributed by atoms with Crippen molar-refractivity contribution < 1.29 is 14.0 Å². The highest BCUT2D eigenvalue weighted by Gasteiger charge is 2.12. The van der Waals surface area contributed by atoms with Crippen LogP contribution in [-0.4, -0.2) is 21.5 Å². The van der Waals surface area contributed by atoms with Gasteiger partial charge in [0.1, 0.15) is 5.82 Å². The molecule has 1 aromatic heterocycles. The van der Waals surface area contributed by atoms with E-state index in [1.165, 1.54) is 12.1 Å². The van der Waals surface area contributed by atoms with Gasteiger partial charge in [-0.1, -0.05) is 53.5 Å². The summed E-state index contributed by atoms with van der Waals surface area (Å²) in [5, 5.41) is 7.56. The quantitative estimate of drug-likeness (QED) is 0.333. The second-order valence-electron chi connectivity index (χ2n) is 7.40. The molecule has 33 heavy (non-hydrogen) atoms. The van der Waals surface area contributed by atoms with E-state index < -0.39 is 5.82 Å². The molecule has 0 unspecified atom stereocenters. The summed E-state index contributed by atoms with van der Waals surface area (Å²) in [6, 6.07) is 18.3. The molecular formula is C25H18Cl2FN3O2. The van der Waals surface area contributed by atoms with Gasteiger partial charge in [0.2, 0.25) is 5.91 Å². The van der Waals surface area contributed by atoms with Crippen LogP contribution in [0.25, 0.3) is 5.69 Å². The Hall–Kier alpha value is -3.48. The predicted octanol–water partition coefficient (Wildman–Crippen LogP) is 5.92. The van der Waals surface area contributed by atoms with Crippen molar-refractivity contribution in [1.29, 1.82) is 0 Å². The molecule has 0 fully saturated rings. The summed E-state index contributed by atoms with van der Waals surface area (Å²) in [6.07, 6.45) is 3.48. The van der Waals surface area contributed by atoms with E-state index in [0.29, 0.717) is 33.1 Å². The zero-order chi connectivity index (χ0) is 23.4. The van der Waals surface area contributed by atoms with Gasteiger partial charge in [0.25, 0.3) is 0 Å². The third kappa shape index (κ3) is 5.66. The number of rotatable bonds is 7. The lowest BCUT2D eigenvalue weighted by atomic mass is 10.0. The minimum Gasteiger partial charge on any atom is -0.324 e. The molecule has 4 aromatic rings. The zero-order valence-electron chi connectivity index (χ0n) is 17.3. The number of Topliss-reactive ketones (excluding diaryl/α,β-unsaturated/α-hetero) is 1. The van der Waals surface area contributed by atoms with Gasteiger partial charge in [-0.25, -0.2) is 9.07 Å². The van der Waals surface area contributed by atoms with Crippen LogP contribution in [0.15, 0.2) is 79.1 Å². The van der Waals surface area contributed by atoms with Gasteiger partial charge < -0.3 is 5.32 Å². The summed E-state index contributed by atoms with van der Waals surface area (Å²) >= 11 is 11.8. The molecule has 0 aliphatic heterocycles. The van der Waals surface area contributed by atoms with Crippen molar-refractivity contribution in [3.8, 4) is 5.69 Å². The van der Waals surface area contributed by atoms with Gasteiger partial charge in [0, 0.05) is 18.2 Å². The first-order valence-electron chi connectivity index (χ1n) is 10.0. The third-order valence-corrected chi connectivity index (χ3v) is 5.57. The van der Waals surface area contributed by atoms with Crippen LogP contribution in [0.3, 0.4) is 0 Å². The lowest BCUT2D eigenvalue weighted by Crippen LogP contribution is -2.14. The number of carbonyl (C=O) groups excluding carboxylic acids is 2. The van der Waals surface area contributed by atoms with Crippen LogP contribution in [0.2, 0.25) is 10.0 Å². The van der Waals surface area contributed by atoms with E-state index in [1.54, 1.807) is 71.7 Å². The highest BCUT2D eigenvalue weighted by atomic mass is 35.5. The molecule has 1 heterocycles. The molecule has 1 amide bonds. The molecule has 0 aliphatic rings. The lowest BCUT2D eigenvalue weighted by molar-refractivity contribution is -0.115. The van der Waals surface area contributed by atoms with Gasteiger partial charge in [0.05, 0.1) is 34.0 Å². The smallest absolute Gasteiger partial charge is 0.228 e. The van der Waals surface area contributed by atoms with Crippen molar-refractivity contribution in [3.05, 3.63) is 112 Å². The standard InChI is InChI=1S/C25H18Cl2FN3O2/c26-20-9-8-16(10-22(20)28)11-24(32)18-4-3-5-19(13-18)31-15-17(14-29-31)12-25(33)30-23-7-2-1-6-21(23)27/h1-10,13-15H,11-12H2,(H,30,33). The first-order chi connectivity index (χ1) is 15.9. The van der Waals surface area contributed by atoms with Crippen molar-refractivity contribution in [3.63, 3.8) is 0 Å².